The molecule has 0 bridgehead atoms. The zero-order chi connectivity index (χ0) is 13.7. The first-order chi connectivity index (χ1) is 9.15. The van der Waals surface area contributed by atoms with Gasteiger partial charge in [-0.1, -0.05) is 11.6 Å². The highest BCUT2D eigenvalue weighted by atomic mass is 35.5. The Balaban J connectivity index is 0.00000200. The number of carbonyl (C=O) groups is 1. The Kier molecular flexibility index (Phi) is 7.13. The highest BCUT2D eigenvalue weighted by molar-refractivity contribution is 6.30. The van der Waals surface area contributed by atoms with E-state index in [0.717, 1.165) is 38.2 Å². The summed E-state index contributed by atoms with van der Waals surface area (Å²) in [6.45, 7) is 3.11. The normalized spacial score (nSPS) is 16.4. The number of hydrogen-bond donors (Lipinski definition) is 1. The summed E-state index contributed by atoms with van der Waals surface area (Å²) in [7, 11) is 0. The highest BCUT2D eigenvalue weighted by Crippen LogP contribution is 2.18. The van der Waals surface area contributed by atoms with Gasteiger partial charge in [0.15, 0.2) is 0 Å². The van der Waals surface area contributed by atoms with Crippen LogP contribution in [0.3, 0.4) is 0 Å². The van der Waals surface area contributed by atoms with Crippen molar-refractivity contribution in [3.05, 3.63) is 29.3 Å². The second kappa shape index (κ2) is 8.35. The maximum atomic E-state index is 10.8. The van der Waals surface area contributed by atoms with Crippen LogP contribution in [0.15, 0.2) is 24.3 Å². The van der Waals surface area contributed by atoms with Gasteiger partial charge in [0.25, 0.3) is 0 Å². The molecule has 1 aliphatic rings. The lowest BCUT2D eigenvalue weighted by atomic mass is 9.97. The molecule has 0 atom stereocenters. The molecular weight excluding hydrogens is 301 g/mol. The van der Waals surface area contributed by atoms with E-state index in [4.69, 9.17) is 21.4 Å². The number of aliphatic carboxylic acids is 1. The third-order valence-corrected chi connectivity index (χ3v) is 3.68. The largest absolute Gasteiger partial charge is 0.492 e. The van der Waals surface area contributed by atoms with Gasteiger partial charge in [-0.15, -0.1) is 12.4 Å². The number of carboxylic acid groups (broad SMARTS) is 1. The van der Waals surface area contributed by atoms with Crippen molar-refractivity contribution >= 4 is 30.0 Å². The van der Waals surface area contributed by atoms with Crippen LogP contribution in [0.4, 0.5) is 0 Å². The summed E-state index contributed by atoms with van der Waals surface area (Å²) < 4.78 is 5.62. The number of carboxylic acids is 1. The van der Waals surface area contributed by atoms with Crippen molar-refractivity contribution in [3.8, 4) is 5.75 Å². The molecule has 0 radical (unpaired) electrons. The number of benzene rings is 1. The molecule has 1 aromatic rings. The number of ether oxygens (including phenoxy) is 1. The standard InChI is InChI=1S/C14H18ClNO3.ClH/c15-12-1-3-13(4-2-12)19-10-9-16-7-5-11(6-8-16)14(17)18;/h1-4,11H,5-10H2,(H,17,18);1H. The van der Waals surface area contributed by atoms with Gasteiger partial charge in [-0.05, 0) is 50.2 Å². The second-order valence-corrected chi connectivity index (χ2v) is 5.19. The van der Waals surface area contributed by atoms with Gasteiger partial charge in [-0.25, -0.2) is 0 Å². The third-order valence-electron chi connectivity index (χ3n) is 3.43. The SMILES string of the molecule is Cl.O=C(O)C1CCN(CCOc2ccc(Cl)cc2)CC1. The summed E-state index contributed by atoms with van der Waals surface area (Å²) in [6.07, 6.45) is 1.46. The molecule has 112 valence electrons. The van der Waals surface area contributed by atoms with E-state index in [1.807, 2.05) is 12.1 Å². The molecule has 0 amide bonds. The summed E-state index contributed by atoms with van der Waals surface area (Å²) in [5, 5.41) is 9.61. The van der Waals surface area contributed by atoms with Gasteiger partial charge in [0.2, 0.25) is 0 Å². The number of likely N-dealkylation sites (tertiary alicyclic amines) is 1. The van der Waals surface area contributed by atoms with E-state index in [9.17, 15) is 4.79 Å². The number of piperidine rings is 1. The smallest absolute Gasteiger partial charge is 0.306 e. The van der Waals surface area contributed by atoms with Crippen LogP contribution in [0.25, 0.3) is 0 Å². The summed E-state index contributed by atoms with van der Waals surface area (Å²) in [4.78, 5) is 13.1. The molecule has 1 N–H and O–H groups in total. The second-order valence-electron chi connectivity index (χ2n) is 4.76. The average Bonchev–Trinajstić information content (AvgIpc) is 2.41. The van der Waals surface area contributed by atoms with Gasteiger partial charge >= 0.3 is 5.97 Å². The fourth-order valence-corrected chi connectivity index (χ4v) is 2.35. The van der Waals surface area contributed by atoms with E-state index in [1.165, 1.54) is 0 Å². The molecule has 6 heteroatoms. The van der Waals surface area contributed by atoms with E-state index >= 15 is 0 Å². The van der Waals surface area contributed by atoms with Gasteiger partial charge in [-0.3, -0.25) is 9.69 Å². The van der Waals surface area contributed by atoms with Crippen LogP contribution in [-0.2, 0) is 4.79 Å². The molecule has 1 aliphatic heterocycles. The van der Waals surface area contributed by atoms with Gasteiger partial charge in [0, 0.05) is 11.6 Å². The van der Waals surface area contributed by atoms with Crippen molar-refractivity contribution in [2.75, 3.05) is 26.2 Å². The minimum Gasteiger partial charge on any atom is -0.492 e. The Morgan fingerprint density at radius 1 is 1.30 bits per heavy atom. The Labute approximate surface area is 130 Å². The van der Waals surface area contributed by atoms with E-state index in [0.29, 0.717) is 11.6 Å². The first-order valence-corrected chi connectivity index (χ1v) is 6.86. The van der Waals surface area contributed by atoms with Crippen LogP contribution in [0.1, 0.15) is 12.8 Å². The summed E-state index contributed by atoms with van der Waals surface area (Å²) >= 11 is 5.79. The number of halogens is 2. The fraction of sp³-hybridized carbons (Fsp3) is 0.500. The van der Waals surface area contributed by atoms with Crippen molar-refractivity contribution in [1.82, 2.24) is 4.90 Å². The molecule has 0 aliphatic carbocycles. The monoisotopic (exact) mass is 319 g/mol. The zero-order valence-electron chi connectivity index (χ0n) is 11.1. The minimum atomic E-state index is -0.669. The molecule has 0 aromatic heterocycles. The molecule has 1 heterocycles. The Morgan fingerprint density at radius 3 is 2.45 bits per heavy atom. The molecule has 0 unspecified atom stereocenters. The lowest BCUT2D eigenvalue weighted by Crippen LogP contribution is -2.38. The predicted octanol–water partition coefficient (Wildman–Crippen LogP) is 2.94. The number of hydrogen-bond acceptors (Lipinski definition) is 3. The maximum absolute atomic E-state index is 10.8. The summed E-state index contributed by atoms with van der Waals surface area (Å²) in [5.41, 5.74) is 0. The van der Waals surface area contributed by atoms with Gasteiger partial charge in [0.1, 0.15) is 12.4 Å². The van der Waals surface area contributed by atoms with Gasteiger partial charge in [0.05, 0.1) is 5.92 Å². The lowest BCUT2D eigenvalue weighted by Gasteiger charge is -2.29. The number of rotatable bonds is 5. The average molecular weight is 320 g/mol. The molecule has 1 aromatic carbocycles. The molecule has 0 saturated carbocycles. The third kappa shape index (κ3) is 5.19. The Hall–Kier alpha value is -0.970. The molecule has 20 heavy (non-hydrogen) atoms. The van der Waals surface area contributed by atoms with Crippen molar-refractivity contribution in [2.24, 2.45) is 5.92 Å². The van der Waals surface area contributed by atoms with Crippen molar-refractivity contribution in [3.63, 3.8) is 0 Å². The maximum Gasteiger partial charge on any atom is 0.306 e. The molecule has 0 spiro atoms. The molecule has 4 nitrogen and oxygen atoms in total. The summed E-state index contributed by atoms with van der Waals surface area (Å²) in [5.74, 6) is -0.0321. The topological polar surface area (TPSA) is 49.8 Å². The van der Waals surface area contributed by atoms with Crippen molar-refractivity contribution in [1.29, 1.82) is 0 Å². The van der Waals surface area contributed by atoms with E-state index in [1.54, 1.807) is 12.1 Å². The quantitative estimate of drug-likeness (QED) is 0.906. The van der Waals surface area contributed by atoms with E-state index < -0.39 is 5.97 Å². The Morgan fingerprint density at radius 2 is 1.90 bits per heavy atom. The van der Waals surface area contributed by atoms with Crippen LogP contribution in [0, 0.1) is 5.92 Å². The predicted molar refractivity (Wildman–Crippen MR) is 81.0 cm³/mol. The molecule has 2 rings (SSSR count). The minimum absolute atomic E-state index is 0. The van der Waals surface area contributed by atoms with Crippen LogP contribution in [0.5, 0.6) is 5.75 Å². The summed E-state index contributed by atoms with van der Waals surface area (Å²) in [6, 6.07) is 7.29. The van der Waals surface area contributed by atoms with Crippen LogP contribution >= 0.6 is 24.0 Å². The van der Waals surface area contributed by atoms with E-state index in [-0.39, 0.29) is 18.3 Å². The van der Waals surface area contributed by atoms with Crippen molar-refractivity contribution < 1.29 is 14.6 Å². The number of nitrogens with zero attached hydrogens (tertiary/aromatic N) is 1. The van der Waals surface area contributed by atoms with Crippen LogP contribution in [0.2, 0.25) is 5.02 Å². The van der Waals surface area contributed by atoms with Gasteiger partial charge < -0.3 is 9.84 Å². The van der Waals surface area contributed by atoms with Crippen molar-refractivity contribution in [2.45, 2.75) is 12.8 Å². The molecular formula is C14H19Cl2NO3. The van der Waals surface area contributed by atoms with Crippen LogP contribution < -0.4 is 4.74 Å². The van der Waals surface area contributed by atoms with Crippen LogP contribution in [-0.4, -0.2) is 42.2 Å². The lowest BCUT2D eigenvalue weighted by molar-refractivity contribution is -0.143. The zero-order valence-corrected chi connectivity index (χ0v) is 12.7. The first-order valence-electron chi connectivity index (χ1n) is 6.48. The van der Waals surface area contributed by atoms with E-state index in [2.05, 4.69) is 4.90 Å². The first kappa shape index (κ1) is 17.1. The Bertz CT molecular complexity index is 417. The fourth-order valence-electron chi connectivity index (χ4n) is 2.23. The highest BCUT2D eigenvalue weighted by Gasteiger charge is 2.23. The molecule has 1 fully saturated rings. The van der Waals surface area contributed by atoms with Gasteiger partial charge in [-0.2, -0.15) is 0 Å². The molecule has 1 saturated heterocycles.